The first kappa shape index (κ1) is 20.1. The van der Waals surface area contributed by atoms with Gasteiger partial charge < -0.3 is 5.32 Å². The molecule has 5 heteroatoms. The van der Waals surface area contributed by atoms with Crippen molar-refractivity contribution < 1.29 is 0 Å². The second kappa shape index (κ2) is 10.0. The van der Waals surface area contributed by atoms with Crippen molar-refractivity contribution >= 4 is 11.6 Å². The number of nitrogens with one attached hydrogen (secondary N) is 1. The van der Waals surface area contributed by atoms with E-state index in [1.807, 2.05) is 16.9 Å². The number of piperidine rings is 1. The number of aromatic nitrogens is 3. The van der Waals surface area contributed by atoms with Gasteiger partial charge in [0.2, 0.25) is 0 Å². The Morgan fingerprint density at radius 2 is 1.76 bits per heavy atom. The molecule has 1 aliphatic rings. The lowest BCUT2D eigenvalue weighted by Crippen LogP contribution is -2.29. The molecule has 0 amide bonds. The molecule has 29 heavy (non-hydrogen) atoms. The second-order valence-corrected chi connectivity index (χ2v) is 8.44. The van der Waals surface area contributed by atoms with Gasteiger partial charge in [0.1, 0.15) is 6.04 Å². The fraction of sp³-hybridized carbons (Fsp3) is 0.417. The van der Waals surface area contributed by atoms with Crippen LogP contribution in [0.4, 0.5) is 0 Å². The average Bonchev–Trinajstić information content (AvgIpc) is 3.30. The summed E-state index contributed by atoms with van der Waals surface area (Å²) in [6, 6.07) is 19.0. The van der Waals surface area contributed by atoms with Gasteiger partial charge in [0, 0.05) is 10.9 Å². The standard InChI is InChI=1S/C24H29ClN4/c25-22-13-11-20(12-14-22)23(10-4-6-19-7-5-15-26-18-19)24(29-27-16-17-28-29)21-8-2-1-3-9-21/h1-3,8-9,11-14,16-17,19,23-24,26H,4-7,10,15,18H2. The summed E-state index contributed by atoms with van der Waals surface area (Å²) in [5.41, 5.74) is 2.53. The van der Waals surface area contributed by atoms with Crippen LogP contribution in [-0.4, -0.2) is 28.1 Å². The number of rotatable bonds is 8. The first-order valence-corrected chi connectivity index (χ1v) is 11.1. The Hall–Kier alpha value is -2.17. The van der Waals surface area contributed by atoms with Crippen LogP contribution in [0.2, 0.25) is 5.02 Å². The van der Waals surface area contributed by atoms with E-state index in [2.05, 4.69) is 58.0 Å². The monoisotopic (exact) mass is 408 g/mol. The van der Waals surface area contributed by atoms with Gasteiger partial charge in [-0.25, -0.2) is 0 Å². The Morgan fingerprint density at radius 1 is 1.00 bits per heavy atom. The van der Waals surface area contributed by atoms with Crippen LogP contribution in [-0.2, 0) is 0 Å². The molecular formula is C24H29ClN4. The maximum absolute atomic E-state index is 6.18. The van der Waals surface area contributed by atoms with E-state index in [0.29, 0.717) is 5.92 Å². The minimum Gasteiger partial charge on any atom is -0.316 e. The lowest BCUT2D eigenvalue weighted by molar-refractivity contribution is 0.323. The molecule has 1 N–H and O–H groups in total. The molecule has 1 aliphatic heterocycles. The molecule has 152 valence electrons. The van der Waals surface area contributed by atoms with Gasteiger partial charge >= 0.3 is 0 Å². The van der Waals surface area contributed by atoms with Gasteiger partial charge in [-0.15, -0.1) is 0 Å². The quantitative estimate of drug-likeness (QED) is 0.537. The topological polar surface area (TPSA) is 42.7 Å². The molecular weight excluding hydrogens is 380 g/mol. The Bertz CT molecular complexity index is 842. The first-order valence-electron chi connectivity index (χ1n) is 10.7. The molecule has 1 fully saturated rings. The predicted octanol–water partition coefficient (Wildman–Crippen LogP) is 5.47. The van der Waals surface area contributed by atoms with Crippen molar-refractivity contribution in [3.8, 4) is 0 Å². The molecule has 0 radical (unpaired) electrons. The van der Waals surface area contributed by atoms with Crippen LogP contribution in [0.15, 0.2) is 67.0 Å². The summed E-state index contributed by atoms with van der Waals surface area (Å²) >= 11 is 6.18. The Labute approximate surface area is 178 Å². The smallest absolute Gasteiger partial charge is 0.103 e. The molecule has 3 aromatic rings. The summed E-state index contributed by atoms with van der Waals surface area (Å²) < 4.78 is 0. The van der Waals surface area contributed by atoms with E-state index in [-0.39, 0.29) is 6.04 Å². The second-order valence-electron chi connectivity index (χ2n) is 8.01. The van der Waals surface area contributed by atoms with E-state index < -0.39 is 0 Å². The third-order valence-electron chi connectivity index (χ3n) is 6.03. The lowest BCUT2D eigenvalue weighted by atomic mass is 9.82. The van der Waals surface area contributed by atoms with E-state index in [4.69, 9.17) is 11.6 Å². The Balaban J connectivity index is 1.60. The molecule has 3 unspecified atom stereocenters. The summed E-state index contributed by atoms with van der Waals surface area (Å²) in [6.07, 6.45) is 9.75. The van der Waals surface area contributed by atoms with Gasteiger partial charge in [-0.1, -0.05) is 60.5 Å². The summed E-state index contributed by atoms with van der Waals surface area (Å²) in [6.45, 7) is 2.33. The van der Waals surface area contributed by atoms with Gasteiger partial charge in [-0.05, 0) is 68.0 Å². The van der Waals surface area contributed by atoms with Crippen molar-refractivity contribution in [2.24, 2.45) is 5.92 Å². The van der Waals surface area contributed by atoms with Crippen LogP contribution in [0, 0.1) is 5.92 Å². The first-order chi connectivity index (χ1) is 14.3. The summed E-state index contributed by atoms with van der Waals surface area (Å²) in [5.74, 6) is 1.09. The number of nitrogens with zero attached hydrogens (tertiary/aromatic N) is 3. The minimum absolute atomic E-state index is 0.0665. The summed E-state index contributed by atoms with van der Waals surface area (Å²) in [4.78, 5) is 1.87. The third-order valence-corrected chi connectivity index (χ3v) is 6.28. The van der Waals surface area contributed by atoms with Crippen LogP contribution in [0.5, 0.6) is 0 Å². The molecule has 1 saturated heterocycles. The molecule has 2 aromatic carbocycles. The van der Waals surface area contributed by atoms with Crippen LogP contribution < -0.4 is 5.32 Å². The van der Waals surface area contributed by atoms with Crippen molar-refractivity contribution in [2.75, 3.05) is 13.1 Å². The van der Waals surface area contributed by atoms with Crippen molar-refractivity contribution in [3.63, 3.8) is 0 Å². The van der Waals surface area contributed by atoms with Crippen LogP contribution in [0.3, 0.4) is 0 Å². The highest BCUT2D eigenvalue weighted by atomic mass is 35.5. The van der Waals surface area contributed by atoms with E-state index in [1.54, 1.807) is 12.4 Å². The number of halogens is 1. The van der Waals surface area contributed by atoms with Crippen LogP contribution >= 0.6 is 11.6 Å². The molecule has 2 heterocycles. The van der Waals surface area contributed by atoms with E-state index in [0.717, 1.165) is 23.9 Å². The van der Waals surface area contributed by atoms with Gasteiger partial charge in [0.15, 0.2) is 0 Å². The molecule has 0 spiro atoms. The SMILES string of the molecule is Clc1ccc(C(CCCC2CCCNC2)C(c2ccccc2)n2nccn2)cc1. The number of hydrogen-bond acceptors (Lipinski definition) is 3. The highest BCUT2D eigenvalue weighted by Crippen LogP contribution is 2.38. The van der Waals surface area contributed by atoms with Crippen molar-refractivity contribution in [2.45, 2.75) is 44.1 Å². The molecule has 1 aromatic heterocycles. The molecule has 3 atom stereocenters. The zero-order chi connectivity index (χ0) is 19.9. The van der Waals surface area contributed by atoms with E-state index >= 15 is 0 Å². The average molecular weight is 409 g/mol. The maximum atomic E-state index is 6.18. The highest BCUT2D eigenvalue weighted by Gasteiger charge is 2.28. The van der Waals surface area contributed by atoms with Gasteiger partial charge in [0.05, 0.1) is 12.4 Å². The van der Waals surface area contributed by atoms with Gasteiger partial charge in [-0.2, -0.15) is 15.0 Å². The van der Waals surface area contributed by atoms with Crippen molar-refractivity contribution in [1.29, 1.82) is 0 Å². The normalized spacial score (nSPS) is 19.0. The van der Waals surface area contributed by atoms with Crippen molar-refractivity contribution in [1.82, 2.24) is 20.3 Å². The van der Waals surface area contributed by atoms with E-state index in [9.17, 15) is 0 Å². The number of benzene rings is 2. The molecule has 0 bridgehead atoms. The maximum Gasteiger partial charge on any atom is 0.103 e. The summed E-state index contributed by atoms with van der Waals surface area (Å²) in [5, 5.41) is 13.4. The molecule has 4 nitrogen and oxygen atoms in total. The molecule has 4 rings (SSSR count). The summed E-state index contributed by atoms with van der Waals surface area (Å²) in [7, 11) is 0. The Kier molecular flexibility index (Phi) is 6.96. The largest absolute Gasteiger partial charge is 0.316 e. The molecule has 0 saturated carbocycles. The highest BCUT2D eigenvalue weighted by molar-refractivity contribution is 6.30. The molecule has 0 aliphatic carbocycles. The third kappa shape index (κ3) is 5.26. The zero-order valence-electron chi connectivity index (χ0n) is 16.8. The predicted molar refractivity (Wildman–Crippen MR) is 118 cm³/mol. The zero-order valence-corrected chi connectivity index (χ0v) is 17.5. The number of hydrogen-bond donors (Lipinski definition) is 1. The van der Waals surface area contributed by atoms with Gasteiger partial charge in [-0.3, -0.25) is 0 Å². The van der Waals surface area contributed by atoms with E-state index in [1.165, 1.54) is 43.4 Å². The van der Waals surface area contributed by atoms with Crippen molar-refractivity contribution in [3.05, 3.63) is 83.1 Å². The fourth-order valence-electron chi connectivity index (χ4n) is 4.56. The van der Waals surface area contributed by atoms with Crippen LogP contribution in [0.1, 0.15) is 55.2 Å². The Morgan fingerprint density at radius 3 is 2.45 bits per heavy atom. The fourth-order valence-corrected chi connectivity index (χ4v) is 4.69. The van der Waals surface area contributed by atoms with Gasteiger partial charge in [0.25, 0.3) is 0 Å². The lowest BCUT2D eigenvalue weighted by Gasteiger charge is -2.29. The minimum atomic E-state index is 0.0665. The van der Waals surface area contributed by atoms with Crippen LogP contribution in [0.25, 0.3) is 0 Å².